The minimum absolute atomic E-state index is 0.0640. The van der Waals surface area contributed by atoms with Gasteiger partial charge in [-0.2, -0.15) is 0 Å². The van der Waals surface area contributed by atoms with Crippen LogP contribution in [0, 0.1) is 0 Å². The maximum atomic E-state index is 9.06. The summed E-state index contributed by atoms with van der Waals surface area (Å²) < 4.78 is 10.7. The lowest BCUT2D eigenvalue weighted by Gasteiger charge is -2.26. The molecule has 0 spiro atoms. The Morgan fingerprint density at radius 3 is 2.43 bits per heavy atom. The van der Waals surface area contributed by atoms with Crippen LogP contribution in [0.1, 0.15) is 20.8 Å². The molecule has 0 aliphatic rings. The largest absolute Gasteiger partial charge is 0.394 e. The molecule has 0 bridgehead atoms. The Kier molecular flexibility index (Phi) is 7.09. The molecule has 0 saturated heterocycles. The van der Waals surface area contributed by atoms with Crippen LogP contribution in [0.4, 0.5) is 0 Å². The first kappa shape index (κ1) is 13.8. The van der Waals surface area contributed by atoms with Gasteiger partial charge in [-0.1, -0.05) is 0 Å². The van der Waals surface area contributed by atoms with Crippen LogP contribution in [-0.4, -0.2) is 50.2 Å². The van der Waals surface area contributed by atoms with E-state index in [2.05, 4.69) is 5.32 Å². The van der Waals surface area contributed by atoms with E-state index >= 15 is 0 Å². The van der Waals surface area contributed by atoms with Crippen molar-refractivity contribution in [1.82, 2.24) is 5.32 Å². The predicted molar refractivity (Wildman–Crippen MR) is 56.5 cm³/mol. The fourth-order valence-corrected chi connectivity index (χ4v) is 0.837. The van der Waals surface area contributed by atoms with Crippen molar-refractivity contribution in [3.63, 3.8) is 0 Å². The average molecular weight is 205 g/mol. The van der Waals surface area contributed by atoms with Gasteiger partial charge in [0.15, 0.2) is 0 Å². The lowest BCUT2D eigenvalue weighted by Crippen LogP contribution is -2.47. The molecule has 0 aliphatic carbocycles. The zero-order chi connectivity index (χ0) is 11.0. The van der Waals surface area contributed by atoms with E-state index in [0.717, 1.165) is 0 Å². The second-order valence-corrected chi connectivity index (χ2v) is 3.94. The maximum absolute atomic E-state index is 9.06. The van der Waals surface area contributed by atoms with Crippen LogP contribution in [0.3, 0.4) is 0 Å². The van der Waals surface area contributed by atoms with Gasteiger partial charge in [-0.15, -0.1) is 0 Å². The molecule has 0 aromatic carbocycles. The minimum atomic E-state index is -0.349. The predicted octanol–water partition coefficient (Wildman–Crippen LogP) is 0.398. The highest BCUT2D eigenvalue weighted by molar-refractivity contribution is 4.79. The van der Waals surface area contributed by atoms with Crippen LogP contribution in [-0.2, 0) is 9.47 Å². The summed E-state index contributed by atoms with van der Waals surface area (Å²) in [6.07, 6.45) is 0.243. The molecule has 0 amide bonds. The monoisotopic (exact) mass is 205 g/mol. The normalized spacial score (nSPS) is 15.9. The number of hydrogen-bond acceptors (Lipinski definition) is 4. The summed E-state index contributed by atoms with van der Waals surface area (Å²) in [4.78, 5) is 0. The highest BCUT2D eigenvalue weighted by Gasteiger charge is 2.20. The molecule has 0 heterocycles. The van der Waals surface area contributed by atoms with Crippen molar-refractivity contribution in [3.05, 3.63) is 0 Å². The van der Waals surface area contributed by atoms with Gasteiger partial charge in [0.05, 0.1) is 38.1 Å². The van der Waals surface area contributed by atoms with Crippen LogP contribution in [0.25, 0.3) is 0 Å². The third-order valence-electron chi connectivity index (χ3n) is 2.05. The fourth-order valence-electron chi connectivity index (χ4n) is 0.837. The topological polar surface area (TPSA) is 50.7 Å². The number of likely N-dealkylation sites (N-methyl/N-ethyl adjacent to an activating group) is 1. The fraction of sp³-hybridized carbons (Fsp3) is 1.00. The van der Waals surface area contributed by atoms with Crippen LogP contribution in [0.15, 0.2) is 0 Å². The molecule has 2 N–H and O–H groups in total. The van der Waals surface area contributed by atoms with Gasteiger partial charge in [0, 0.05) is 0 Å². The van der Waals surface area contributed by atoms with Crippen LogP contribution in [0.5, 0.6) is 0 Å². The van der Waals surface area contributed by atoms with E-state index < -0.39 is 0 Å². The molecule has 0 fully saturated rings. The molecule has 1 unspecified atom stereocenters. The Morgan fingerprint density at radius 2 is 2.00 bits per heavy atom. The van der Waals surface area contributed by atoms with Crippen molar-refractivity contribution in [3.8, 4) is 0 Å². The Morgan fingerprint density at radius 1 is 1.36 bits per heavy atom. The van der Waals surface area contributed by atoms with Crippen molar-refractivity contribution in [2.24, 2.45) is 0 Å². The molecule has 4 nitrogen and oxygen atoms in total. The van der Waals surface area contributed by atoms with E-state index in [1.165, 1.54) is 0 Å². The van der Waals surface area contributed by atoms with Gasteiger partial charge in [-0.05, 0) is 27.8 Å². The highest BCUT2D eigenvalue weighted by atomic mass is 16.5. The number of hydrogen-bond donors (Lipinski definition) is 2. The number of rotatable bonds is 8. The molecular formula is C10H23NO3. The summed E-state index contributed by atoms with van der Waals surface area (Å²) in [6.45, 7) is 7.61. The van der Waals surface area contributed by atoms with E-state index in [0.29, 0.717) is 19.8 Å². The van der Waals surface area contributed by atoms with Crippen molar-refractivity contribution in [2.75, 3.05) is 33.5 Å². The van der Waals surface area contributed by atoms with E-state index in [4.69, 9.17) is 14.6 Å². The molecular weight excluding hydrogens is 182 g/mol. The second kappa shape index (κ2) is 7.17. The van der Waals surface area contributed by atoms with Crippen molar-refractivity contribution in [2.45, 2.75) is 32.4 Å². The maximum Gasteiger partial charge on any atom is 0.0703 e. The van der Waals surface area contributed by atoms with Gasteiger partial charge >= 0.3 is 0 Å². The lowest BCUT2D eigenvalue weighted by molar-refractivity contribution is -0.00553. The zero-order valence-corrected chi connectivity index (χ0v) is 9.67. The summed E-state index contributed by atoms with van der Waals surface area (Å²) in [6, 6.07) is 0. The van der Waals surface area contributed by atoms with Gasteiger partial charge in [0.2, 0.25) is 0 Å². The molecule has 1 atom stereocenters. The number of ether oxygens (including phenoxy) is 2. The standard InChI is InChI=1S/C10H23NO3/c1-9(2)14-6-5-13-8-10(3,7-12)11-4/h9,11-12H,5-8H2,1-4H3. The smallest absolute Gasteiger partial charge is 0.0703 e. The lowest BCUT2D eigenvalue weighted by atomic mass is 10.1. The first-order valence-electron chi connectivity index (χ1n) is 5.03. The van der Waals surface area contributed by atoms with Crippen molar-refractivity contribution < 1.29 is 14.6 Å². The third kappa shape index (κ3) is 6.32. The summed E-state index contributed by atoms with van der Waals surface area (Å²) in [5, 5.41) is 12.1. The van der Waals surface area contributed by atoms with E-state index in [9.17, 15) is 0 Å². The molecule has 0 rings (SSSR count). The van der Waals surface area contributed by atoms with Gasteiger partial charge < -0.3 is 19.9 Å². The van der Waals surface area contributed by atoms with Gasteiger partial charge in [0.25, 0.3) is 0 Å². The molecule has 14 heavy (non-hydrogen) atoms. The van der Waals surface area contributed by atoms with E-state index in [1.807, 2.05) is 27.8 Å². The Balaban J connectivity index is 3.43. The first-order chi connectivity index (χ1) is 6.54. The van der Waals surface area contributed by atoms with Crippen LogP contribution >= 0.6 is 0 Å². The molecule has 4 heteroatoms. The Bertz CT molecular complexity index is 135. The van der Waals surface area contributed by atoms with E-state index in [1.54, 1.807) is 0 Å². The number of aliphatic hydroxyl groups excluding tert-OH is 1. The number of nitrogens with one attached hydrogen (secondary N) is 1. The van der Waals surface area contributed by atoms with Gasteiger partial charge in [-0.25, -0.2) is 0 Å². The molecule has 0 saturated carbocycles. The van der Waals surface area contributed by atoms with Crippen molar-refractivity contribution in [1.29, 1.82) is 0 Å². The quantitative estimate of drug-likeness (QED) is 0.563. The average Bonchev–Trinajstić information content (AvgIpc) is 2.16. The molecule has 0 aromatic rings. The highest BCUT2D eigenvalue weighted by Crippen LogP contribution is 2.01. The summed E-state index contributed by atoms with van der Waals surface area (Å²) in [7, 11) is 1.81. The van der Waals surface area contributed by atoms with Crippen LogP contribution < -0.4 is 5.32 Å². The summed E-state index contributed by atoms with van der Waals surface area (Å²) in [5.74, 6) is 0. The SMILES string of the molecule is CNC(C)(CO)COCCOC(C)C. The van der Waals surface area contributed by atoms with Crippen LogP contribution in [0.2, 0.25) is 0 Å². The summed E-state index contributed by atoms with van der Waals surface area (Å²) in [5.41, 5.74) is -0.349. The van der Waals surface area contributed by atoms with E-state index in [-0.39, 0.29) is 18.2 Å². The van der Waals surface area contributed by atoms with Gasteiger partial charge in [-0.3, -0.25) is 0 Å². The second-order valence-electron chi connectivity index (χ2n) is 3.94. The zero-order valence-electron chi connectivity index (χ0n) is 9.67. The molecule has 0 radical (unpaired) electrons. The Labute approximate surface area is 86.6 Å². The minimum Gasteiger partial charge on any atom is -0.394 e. The third-order valence-corrected chi connectivity index (χ3v) is 2.05. The molecule has 0 aromatic heterocycles. The summed E-state index contributed by atoms with van der Waals surface area (Å²) >= 11 is 0. The van der Waals surface area contributed by atoms with Crippen molar-refractivity contribution >= 4 is 0 Å². The first-order valence-corrected chi connectivity index (χ1v) is 5.03. The Hall–Kier alpha value is -0.160. The van der Waals surface area contributed by atoms with Gasteiger partial charge in [0.1, 0.15) is 0 Å². The number of aliphatic hydroxyl groups is 1. The molecule has 86 valence electrons. The molecule has 0 aliphatic heterocycles.